The quantitative estimate of drug-likeness (QED) is 0.726. The number of hydrogen-bond acceptors (Lipinski definition) is 4. The van der Waals surface area contributed by atoms with Crippen molar-refractivity contribution in [3.05, 3.63) is 65.0 Å². The molecular weight excluding hydrogens is 294 g/mol. The van der Waals surface area contributed by atoms with Crippen LogP contribution in [-0.2, 0) is 31.0 Å². The Bertz CT molecular complexity index is 646. The molecule has 0 spiro atoms. The van der Waals surface area contributed by atoms with Crippen molar-refractivity contribution < 1.29 is 14.6 Å². The number of hydrogen-bond donors (Lipinski definition) is 3. The summed E-state index contributed by atoms with van der Waals surface area (Å²) in [4.78, 5) is 16.0. The molecule has 2 amide bonds. The van der Waals surface area contributed by atoms with Crippen LogP contribution in [-0.4, -0.2) is 23.2 Å². The van der Waals surface area contributed by atoms with Crippen LogP contribution >= 0.6 is 0 Å². The number of amides is 2. The van der Waals surface area contributed by atoms with Crippen molar-refractivity contribution in [2.24, 2.45) is 0 Å². The summed E-state index contributed by atoms with van der Waals surface area (Å²) in [6.45, 7) is 1.18. The van der Waals surface area contributed by atoms with Crippen molar-refractivity contribution in [3.8, 4) is 0 Å². The van der Waals surface area contributed by atoms with Crippen LogP contribution in [0.25, 0.3) is 0 Å². The Balaban J connectivity index is 1.79. The summed E-state index contributed by atoms with van der Waals surface area (Å²) in [5.41, 5.74) is 3.36. The Morgan fingerprint density at radius 2 is 1.78 bits per heavy atom. The molecule has 1 aromatic heterocycles. The maximum atomic E-state index is 11.8. The third-order valence-electron chi connectivity index (χ3n) is 3.21. The van der Waals surface area contributed by atoms with Gasteiger partial charge < -0.3 is 20.5 Å². The van der Waals surface area contributed by atoms with Crippen molar-refractivity contribution in [1.82, 2.24) is 15.6 Å². The first kappa shape index (κ1) is 16.9. The van der Waals surface area contributed by atoms with Crippen molar-refractivity contribution in [1.29, 1.82) is 0 Å². The van der Waals surface area contributed by atoms with E-state index in [9.17, 15) is 4.79 Å². The first-order valence-electron chi connectivity index (χ1n) is 7.35. The summed E-state index contributed by atoms with van der Waals surface area (Å²) in [7, 11) is 1.65. The molecule has 2 rings (SSSR count). The van der Waals surface area contributed by atoms with E-state index in [1.165, 1.54) is 0 Å². The van der Waals surface area contributed by atoms with Crippen LogP contribution in [0.1, 0.15) is 22.5 Å². The molecule has 1 heterocycles. The number of ether oxygens (including phenoxy) is 1. The molecule has 23 heavy (non-hydrogen) atoms. The highest BCUT2D eigenvalue weighted by atomic mass is 16.5. The van der Waals surface area contributed by atoms with Crippen molar-refractivity contribution in [2.45, 2.75) is 26.3 Å². The van der Waals surface area contributed by atoms with Gasteiger partial charge in [-0.05, 0) is 23.3 Å². The van der Waals surface area contributed by atoms with Crippen LogP contribution < -0.4 is 10.6 Å². The van der Waals surface area contributed by atoms with Crippen molar-refractivity contribution in [2.75, 3.05) is 7.11 Å². The van der Waals surface area contributed by atoms with Crippen LogP contribution in [0.5, 0.6) is 0 Å². The molecule has 0 saturated heterocycles. The lowest BCUT2D eigenvalue weighted by Gasteiger charge is -2.09. The Labute approximate surface area is 135 Å². The lowest BCUT2D eigenvalue weighted by Crippen LogP contribution is -2.34. The summed E-state index contributed by atoms with van der Waals surface area (Å²) in [5.74, 6) is 0. The van der Waals surface area contributed by atoms with Gasteiger partial charge in [0.1, 0.15) is 0 Å². The molecule has 122 valence electrons. The summed E-state index contributed by atoms with van der Waals surface area (Å²) in [5, 5.41) is 14.6. The zero-order chi connectivity index (χ0) is 16.5. The molecular formula is C17H21N3O3. The Hall–Kier alpha value is -2.44. The molecule has 0 aliphatic rings. The molecule has 0 unspecified atom stereocenters. The number of pyridine rings is 1. The van der Waals surface area contributed by atoms with Gasteiger partial charge >= 0.3 is 6.03 Å². The molecule has 6 nitrogen and oxygen atoms in total. The van der Waals surface area contributed by atoms with Crippen LogP contribution in [0.4, 0.5) is 4.79 Å². The maximum Gasteiger partial charge on any atom is 0.315 e. The average Bonchev–Trinajstić information content (AvgIpc) is 2.59. The molecule has 0 fully saturated rings. The Morgan fingerprint density at radius 1 is 1.09 bits per heavy atom. The van der Waals surface area contributed by atoms with Gasteiger partial charge in [0.2, 0.25) is 0 Å². The predicted molar refractivity (Wildman–Crippen MR) is 86.4 cm³/mol. The van der Waals surface area contributed by atoms with E-state index in [-0.39, 0.29) is 12.6 Å². The van der Waals surface area contributed by atoms with E-state index in [0.29, 0.717) is 31.1 Å². The molecule has 6 heteroatoms. The minimum atomic E-state index is -0.265. The fourth-order valence-corrected chi connectivity index (χ4v) is 2.13. The topological polar surface area (TPSA) is 83.5 Å². The van der Waals surface area contributed by atoms with Crippen LogP contribution in [0.3, 0.4) is 0 Å². The molecule has 0 saturated carbocycles. The van der Waals surface area contributed by atoms with Crippen LogP contribution in [0.15, 0.2) is 42.5 Å². The van der Waals surface area contributed by atoms with E-state index in [1.807, 2.05) is 24.3 Å². The number of carbonyl (C=O) groups excluding carboxylic acids is 1. The van der Waals surface area contributed by atoms with Gasteiger partial charge in [-0.1, -0.05) is 30.3 Å². The molecule has 0 atom stereocenters. The third kappa shape index (κ3) is 5.69. The third-order valence-corrected chi connectivity index (χ3v) is 3.21. The molecule has 3 N–H and O–H groups in total. The number of rotatable bonds is 7. The highest BCUT2D eigenvalue weighted by Gasteiger charge is 2.03. The van der Waals surface area contributed by atoms with Gasteiger partial charge in [-0.3, -0.25) is 4.98 Å². The Kier molecular flexibility index (Phi) is 6.53. The number of urea groups is 1. The largest absolute Gasteiger partial charge is 0.390 e. The van der Waals surface area contributed by atoms with E-state index in [0.717, 1.165) is 11.1 Å². The first-order chi connectivity index (χ1) is 11.2. The number of benzene rings is 1. The molecule has 0 aliphatic carbocycles. The number of aromatic nitrogens is 1. The smallest absolute Gasteiger partial charge is 0.315 e. The molecule has 2 aromatic rings. The lowest BCUT2D eigenvalue weighted by molar-refractivity contribution is 0.185. The Morgan fingerprint density at radius 3 is 2.57 bits per heavy atom. The second kappa shape index (κ2) is 8.87. The van der Waals surface area contributed by atoms with Gasteiger partial charge in [-0.15, -0.1) is 0 Å². The van der Waals surface area contributed by atoms with Crippen molar-refractivity contribution in [3.63, 3.8) is 0 Å². The zero-order valence-electron chi connectivity index (χ0n) is 13.1. The minimum absolute atomic E-state index is 0.113. The predicted octanol–water partition coefficient (Wildman–Crippen LogP) is 1.72. The van der Waals surface area contributed by atoms with Crippen LogP contribution in [0, 0.1) is 0 Å². The van der Waals surface area contributed by atoms with Gasteiger partial charge in [0.25, 0.3) is 0 Å². The fraction of sp³-hybridized carbons (Fsp3) is 0.294. The first-order valence-corrected chi connectivity index (χ1v) is 7.35. The van der Waals surface area contributed by atoms with E-state index in [4.69, 9.17) is 9.84 Å². The summed E-state index contributed by atoms with van der Waals surface area (Å²) < 4.78 is 5.09. The van der Waals surface area contributed by atoms with Gasteiger partial charge in [0, 0.05) is 13.7 Å². The fourth-order valence-electron chi connectivity index (χ4n) is 2.13. The van der Waals surface area contributed by atoms with Gasteiger partial charge in [-0.2, -0.15) is 0 Å². The molecule has 0 radical (unpaired) electrons. The highest BCUT2D eigenvalue weighted by molar-refractivity contribution is 5.73. The van der Waals surface area contributed by atoms with E-state index < -0.39 is 0 Å². The minimum Gasteiger partial charge on any atom is -0.390 e. The second-order valence-corrected chi connectivity index (χ2v) is 5.07. The van der Waals surface area contributed by atoms with Crippen molar-refractivity contribution >= 4 is 6.03 Å². The number of carbonyl (C=O) groups is 1. The second-order valence-electron chi connectivity index (χ2n) is 5.07. The number of nitrogens with one attached hydrogen (secondary N) is 2. The summed E-state index contributed by atoms with van der Waals surface area (Å²) in [6, 6.07) is 12.9. The van der Waals surface area contributed by atoms with Gasteiger partial charge in [-0.25, -0.2) is 4.79 Å². The lowest BCUT2D eigenvalue weighted by atomic mass is 10.1. The standard InChI is InChI=1S/C17H21N3O3/c1-23-12-14-5-2-4-13(8-14)9-18-17(22)19-10-15-6-3-7-16(11-21)20-15/h2-8,21H,9-12H2,1H3,(H2,18,19,22). The SMILES string of the molecule is COCc1cccc(CNC(=O)NCc2cccc(CO)n2)c1. The zero-order valence-corrected chi connectivity index (χ0v) is 13.1. The molecule has 1 aromatic carbocycles. The average molecular weight is 315 g/mol. The summed E-state index contributed by atoms with van der Waals surface area (Å²) in [6.07, 6.45) is 0. The number of nitrogens with zero attached hydrogens (tertiary/aromatic N) is 1. The van der Waals surface area contributed by atoms with E-state index >= 15 is 0 Å². The normalized spacial score (nSPS) is 10.3. The molecule has 0 aliphatic heterocycles. The monoisotopic (exact) mass is 315 g/mol. The summed E-state index contributed by atoms with van der Waals surface area (Å²) >= 11 is 0. The van der Waals surface area contributed by atoms with Gasteiger partial charge in [0.15, 0.2) is 0 Å². The number of methoxy groups -OCH3 is 1. The maximum absolute atomic E-state index is 11.8. The van der Waals surface area contributed by atoms with E-state index in [2.05, 4.69) is 15.6 Å². The highest BCUT2D eigenvalue weighted by Crippen LogP contribution is 2.06. The number of aliphatic hydroxyl groups is 1. The van der Waals surface area contributed by atoms with Crippen LogP contribution in [0.2, 0.25) is 0 Å². The molecule has 0 bridgehead atoms. The number of aliphatic hydroxyl groups excluding tert-OH is 1. The van der Waals surface area contributed by atoms with E-state index in [1.54, 1.807) is 25.3 Å². The van der Waals surface area contributed by atoms with Gasteiger partial charge in [0.05, 0.1) is 31.1 Å².